The maximum Gasteiger partial charge on any atom is 0.241 e. The number of hydrogen-bond donors (Lipinski definition) is 2. The largest absolute Gasteiger partial charge is 0.495 e. The molecule has 0 radical (unpaired) electrons. The lowest BCUT2D eigenvalue weighted by Crippen LogP contribution is -2.32. The Labute approximate surface area is 185 Å². The van der Waals surface area contributed by atoms with Crippen LogP contribution in [0.15, 0.2) is 47.3 Å². The Morgan fingerprint density at radius 2 is 1.96 bits per heavy atom. The van der Waals surface area contributed by atoms with E-state index in [0.717, 1.165) is 0 Å². The van der Waals surface area contributed by atoms with E-state index in [1.165, 1.54) is 32.2 Å². The first kappa shape index (κ1) is 9.96. The van der Waals surface area contributed by atoms with Crippen LogP contribution < -0.4 is 24.7 Å². The molecule has 0 aromatic heterocycles. The number of rotatable bonds is 11. The maximum atomic E-state index is 11.9. The molecule has 28 heavy (non-hydrogen) atoms. The number of benzene rings is 2. The summed E-state index contributed by atoms with van der Waals surface area (Å²) < 4.78 is 141. The molecule has 0 heterocycles. The number of primary sulfonamides is 1. The van der Waals surface area contributed by atoms with Crippen LogP contribution in [-0.4, -0.2) is 41.2 Å². The van der Waals surface area contributed by atoms with Crippen molar-refractivity contribution >= 4 is 10.0 Å². The molecule has 0 amide bonds. The summed E-state index contributed by atoms with van der Waals surface area (Å²) in [6, 6.07) is -0.982. The highest BCUT2D eigenvalue weighted by atomic mass is 32.2. The number of hydrogen-bond acceptors (Lipinski definition) is 6. The standard InChI is InChI=1S/C20H28N2O5S/c1-4-26-17-7-5-6-8-18(17)27-12-11-22-15(2)13-16-9-10-19(25-3)20(14-16)28(21,23)24/h5-10,14-15,22H,4,11-13H2,1-3H3,(H2,21,23,24)/t15-/m1/s1/i1D3,4D2,5D,6D,7D,8D,11D2,12D2. The van der Waals surface area contributed by atoms with Crippen molar-refractivity contribution in [3.8, 4) is 17.2 Å². The van der Waals surface area contributed by atoms with Crippen LogP contribution >= 0.6 is 0 Å². The molecule has 2 aromatic rings. The lowest BCUT2D eigenvalue weighted by atomic mass is 10.1. The van der Waals surface area contributed by atoms with Crippen LogP contribution in [0.2, 0.25) is 0 Å². The summed E-state index contributed by atoms with van der Waals surface area (Å²) >= 11 is 0. The Morgan fingerprint density at radius 1 is 1.25 bits per heavy atom. The minimum Gasteiger partial charge on any atom is -0.495 e. The van der Waals surface area contributed by atoms with Gasteiger partial charge in [-0.3, -0.25) is 0 Å². The number of nitrogens with two attached hydrogens (primary N) is 1. The van der Waals surface area contributed by atoms with Gasteiger partial charge in [-0.2, -0.15) is 0 Å². The Hall–Kier alpha value is -2.29. The van der Waals surface area contributed by atoms with Crippen LogP contribution in [0.5, 0.6) is 17.2 Å². The third-order valence-electron chi connectivity index (χ3n) is 3.37. The van der Waals surface area contributed by atoms with Gasteiger partial charge in [-0.15, -0.1) is 0 Å². The number of nitrogens with one attached hydrogen (secondary N) is 1. The molecular weight excluding hydrogens is 380 g/mol. The molecule has 0 bridgehead atoms. The topological polar surface area (TPSA) is 99.9 Å². The fourth-order valence-electron chi connectivity index (χ4n) is 2.19. The fourth-order valence-corrected chi connectivity index (χ4v) is 2.94. The van der Waals surface area contributed by atoms with Gasteiger partial charge in [0.05, 0.1) is 24.6 Å². The Morgan fingerprint density at radius 3 is 2.61 bits per heavy atom. The molecule has 154 valence electrons. The van der Waals surface area contributed by atoms with Gasteiger partial charge in [0.1, 0.15) is 17.2 Å². The summed E-state index contributed by atoms with van der Waals surface area (Å²) in [4.78, 5) is -0.325. The van der Waals surface area contributed by atoms with Crippen molar-refractivity contribution in [3.05, 3.63) is 47.9 Å². The molecule has 0 unspecified atom stereocenters. The summed E-state index contributed by atoms with van der Waals surface area (Å²) in [6.45, 7) is -12.1. The summed E-state index contributed by atoms with van der Waals surface area (Å²) in [5.41, 5.74) is 0.354. The quantitative estimate of drug-likeness (QED) is 0.578. The van der Waals surface area contributed by atoms with E-state index >= 15 is 0 Å². The summed E-state index contributed by atoms with van der Waals surface area (Å²) in [6.07, 6.45) is -0.0553. The third-order valence-corrected chi connectivity index (χ3v) is 4.31. The van der Waals surface area contributed by atoms with Gasteiger partial charge in [0, 0.05) is 19.4 Å². The summed E-state index contributed by atoms with van der Waals surface area (Å²) in [5.74, 6) is -2.37. The molecule has 2 rings (SSSR count). The second-order valence-corrected chi connectivity index (χ2v) is 7.00. The van der Waals surface area contributed by atoms with Crippen LogP contribution in [0.25, 0.3) is 0 Å². The van der Waals surface area contributed by atoms with Crippen LogP contribution in [-0.2, 0) is 16.4 Å². The first-order valence-electron chi connectivity index (χ1n) is 14.3. The lowest BCUT2D eigenvalue weighted by molar-refractivity contribution is 0.272. The van der Waals surface area contributed by atoms with Gasteiger partial charge < -0.3 is 19.5 Å². The SMILES string of the molecule is [2H]c1c([2H])c([2H])c(OC([2H])([2H])C([2H])([2H])N[C@H](C)Cc2ccc(OC)c(S(N)(=O)=O)c2)c(OC([2H])([2H])C([2H])([2H])[2H])c1[2H]. The number of para-hydroxylation sites is 2. The molecule has 0 aliphatic carbocycles. The molecule has 0 spiro atoms. The van der Waals surface area contributed by atoms with Gasteiger partial charge in [0.15, 0.2) is 11.5 Å². The van der Waals surface area contributed by atoms with Crippen molar-refractivity contribution in [1.29, 1.82) is 0 Å². The molecule has 8 heteroatoms. The Bertz CT molecular complexity index is 1400. The third kappa shape index (κ3) is 6.40. The van der Waals surface area contributed by atoms with Crippen LogP contribution in [0.1, 0.15) is 37.2 Å². The minimum absolute atomic E-state index is 0.0229. The van der Waals surface area contributed by atoms with E-state index in [1.807, 2.05) is 0 Å². The molecular formula is C20H28N2O5S. The number of methoxy groups -OCH3 is 1. The molecule has 0 saturated heterocycles. The van der Waals surface area contributed by atoms with E-state index in [-0.39, 0.29) is 17.1 Å². The highest BCUT2D eigenvalue weighted by Crippen LogP contribution is 2.26. The van der Waals surface area contributed by atoms with Gasteiger partial charge in [-0.1, -0.05) is 18.2 Å². The molecule has 7 nitrogen and oxygen atoms in total. The monoisotopic (exact) mass is 421 g/mol. The van der Waals surface area contributed by atoms with E-state index in [4.69, 9.17) is 37.2 Å². The summed E-state index contributed by atoms with van der Waals surface area (Å²) in [7, 11) is -2.93. The van der Waals surface area contributed by atoms with Crippen molar-refractivity contribution in [2.75, 3.05) is 26.7 Å². The smallest absolute Gasteiger partial charge is 0.241 e. The molecule has 1 atom stereocenters. The first-order chi connectivity index (χ1) is 18.4. The van der Waals surface area contributed by atoms with Crippen LogP contribution in [0.3, 0.4) is 0 Å². The summed E-state index contributed by atoms with van der Waals surface area (Å²) in [5, 5.41) is 7.54. The van der Waals surface area contributed by atoms with Gasteiger partial charge in [0.2, 0.25) is 10.0 Å². The van der Waals surface area contributed by atoms with E-state index in [0.29, 0.717) is 5.56 Å². The highest BCUT2D eigenvalue weighted by molar-refractivity contribution is 7.89. The molecule has 0 aliphatic heterocycles. The average molecular weight is 422 g/mol. The zero-order valence-corrected chi connectivity index (χ0v) is 15.9. The van der Waals surface area contributed by atoms with Gasteiger partial charge in [-0.25, -0.2) is 13.6 Å². The normalized spacial score (nSPS) is 21.2. The lowest BCUT2D eigenvalue weighted by Gasteiger charge is -2.16. The minimum atomic E-state index is -4.17. The van der Waals surface area contributed by atoms with E-state index in [1.54, 1.807) is 0 Å². The molecule has 0 aliphatic rings. The van der Waals surface area contributed by atoms with Gasteiger partial charge >= 0.3 is 0 Å². The van der Waals surface area contributed by atoms with Crippen molar-refractivity contribution in [2.45, 2.75) is 31.1 Å². The van der Waals surface area contributed by atoms with Crippen LogP contribution in [0.4, 0.5) is 0 Å². The molecule has 0 saturated carbocycles. The Kier molecular flexibility index (Phi) is 3.66. The zero-order chi connectivity index (χ0) is 31.9. The average Bonchev–Trinajstić information content (AvgIpc) is 2.81. The van der Waals surface area contributed by atoms with E-state index < -0.39 is 78.2 Å². The first-order valence-corrected chi connectivity index (χ1v) is 9.36. The van der Waals surface area contributed by atoms with E-state index in [9.17, 15) is 8.42 Å². The van der Waals surface area contributed by atoms with Gasteiger partial charge in [-0.05, 0) is 50.0 Å². The molecule has 0 fully saturated rings. The highest BCUT2D eigenvalue weighted by Gasteiger charge is 2.16. The Balaban J connectivity index is 2.43. The van der Waals surface area contributed by atoms with Crippen molar-refractivity contribution in [3.63, 3.8) is 0 Å². The number of sulfonamides is 1. The second-order valence-electron chi connectivity index (χ2n) is 5.47. The number of ether oxygens (including phenoxy) is 3. The predicted octanol–water partition coefficient (Wildman–Crippen LogP) is 2.34. The van der Waals surface area contributed by atoms with Crippen molar-refractivity contribution in [2.24, 2.45) is 5.14 Å². The van der Waals surface area contributed by atoms with E-state index in [2.05, 4.69) is 5.32 Å². The maximum absolute atomic E-state index is 11.9. The fraction of sp³-hybridized carbons (Fsp3) is 0.400. The molecule has 2 aromatic carbocycles. The second kappa shape index (κ2) is 10.3. The van der Waals surface area contributed by atoms with Crippen molar-refractivity contribution < 1.29 is 40.4 Å². The van der Waals surface area contributed by atoms with Gasteiger partial charge in [0.25, 0.3) is 0 Å². The van der Waals surface area contributed by atoms with Crippen molar-refractivity contribution in [1.82, 2.24) is 5.32 Å². The molecule has 3 N–H and O–H groups in total. The van der Waals surface area contributed by atoms with Crippen LogP contribution in [0, 0.1) is 0 Å². The predicted molar refractivity (Wildman–Crippen MR) is 109 cm³/mol. The zero-order valence-electron chi connectivity index (χ0n) is 28.0.